The standard InChI is InChI=1S/C11H17N3S/c1-9(5-12)7-14(2)11(6-13)10-3-4-15-8-10/h3-4,8-9,11H,6-7,13H2,1-2H3. The van der Waals surface area contributed by atoms with E-state index >= 15 is 0 Å². The second-order valence-corrected chi connectivity index (χ2v) is 4.56. The molecule has 2 unspecified atom stereocenters. The summed E-state index contributed by atoms with van der Waals surface area (Å²) in [6.07, 6.45) is 0. The maximum atomic E-state index is 8.76. The average molecular weight is 223 g/mol. The predicted molar refractivity (Wildman–Crippen MR) is 63.5 cm³/mol. The van der Waals surface area contributed by atoms with Gasteiger partial charge in [0.2, 0.25) is 0 Å². The van der Waals surface area contributed by atoms with Crippen molar-refractivity contribution in [3.63, 3.8) is 0 Å². The minimum absolute atomic E-state index is 0.0442. The number of rotatable bonds is 5. The predicted octanol–water partition coefficient (Wildman–Crippen LogP) is 1.84. The molecule has 0 fully saturated rings. The van der Waals surface area contributed by atoms with E-state index in [9.17, 15) is 0 Å². The van der Waals surface area contributed by atoms with E-state index in [4.69, 9.17) is 11.0 Å². The topological polar surface area (TPSA) is 53.0 Å². The zero-order valence-electron chi connectivity index (χ0n) is 9.18. The molecule has 0 aliphatic heterocycles. The molecular weight excluding hydrogens is 206 g/mol. The van der Waals surface area contributed by atoms with Crippen molar-refractivity contribution in [1.82, 2.24) is 4.90 Å². The maximum Gasteiger partial charge on any atom is 0.0666 e. The summed E-state index contributed by atoms with van der Waals surface area (Å²) in [4.78, 5) is 2.15. The summed E-state index contributed by atoms with van der Waals surface area (Å²) in [5.41, 5.74) is 7.01. The van der Waals surface area contributed by atoms with E-state index in [0.29, 0.717) is 6.54 Å². The second-order valence-electron chi connectivity index (χ2n) is 3.78. The summed E-state index contributed by atoms with van der Waals surface area (Å²) < 4.78 is 0. The Bertz CT molecular complexity index is 315. The first-order chi connectivity index (χ1) is 7.19. The van der Waals surface area contributed by atoms with E-state index in [1.165, 1.54) is 5.56 Å². The Balaban J connectivity index is 2.64. The van der Waals surface area contributed by atoms with Crippen LogP contribution in [-0.4, -0.2) is 25.0 Å². The molecule has 2 atom stereocenters. The highest BCUT2D eigenvalue weighted by molar-refractivity contribution is 7.07. The maximum absolute atomic E-state index is 8.76. The lowest BCUT2D eigenvalue weighted by Crippen LogP contribution is -2.33. The molecule has 0 aromatic carbocycles. The van der Waals surface area contributed by atoms with Crippen molar-refractivity contribution >= 4 is 11.3 Å². The van der Waals surface area contributed by atoms with Crippen LogP contribution in [0.4, 0.5) is 0 Å². The Labute approximate surface area is 95.1 Å². The van der Waals surface area contributed by atoms with E-state index in [2.05, 4.69) is 27.8 Å². The Morgan fingerprint density at radius 2 is 2.40 bits per heavy atom. The van der Waals surface area contributed by atoms with Gasteiger partial charge in [-0.15, -0.1) is 0 Å². The fourth-order valence-electron chi connectivity index (χ4n) is 1.64. The van der Waals surface area contributed by atoms with Crippen LogP contribution < -0.4 is 5.73 Å². The number of thiophene rings is 1. The van der Waals surface area contributed by atoms with Crippen molar-refractivity contribution in [2.24, 2.45) is 11.7 Å². The fraction of sp³-hybridized carbons (Fsp3) is 0.545. The third-order valence-electron chi connectivity index (χ3n) is 2.47. The van der Waals surface area contributed by atoms with Crippen LogP contribution in [0.15, 0.2) is 16.8 Å². The normalized spacial score (nSPS) is 14.9. The monoisotopic (exact) mass is 223 g/mol. The summed E-state index contributed by atoms with van der Waals surface area (Å²) >= 11 is 1.68. The first-order valence-electron chi connectivity index (χ1n) is 5.01. The molecule has 0 aliphatic carbocycles. The zero-order valence-corrected chi connectivity index (χ0v) is 10.00. The molecule has 82 valence electrons. The molecule has 1 heterocycles. The van der Waals surface area contributed by atoms with Gasteiger partial charge < -0.3 is 5.73 Å². The molecule has 1 aromatic heterocycles. The molecule has 0 bridgehead atoms. The van der Waals surface area contributed by atoms with Crippen molar-refractivity contribution in [3.8, 4) is 6.07 Å². The molecule has 0 saturated heterocycles. The van der Waals surface area contributed by atoms with Crippen LogP contribution in [0.1, 0.15) is 18.5 Å². The van der Waals surface area contributed by atoms with Crippen molar-refractivity contribution < 1.29 is 0 Å². The quantitative estimate of drug-likeness (QED) is 0.828. The van der Waals surface area contributed by atoms with Gasteiger partial charge in [-0.05, 0) is 36.4 Å². The summed E-state index contributed by atoms with van der Waals surface area (Å²) in [5, 5.41) is 12.9. The number of nitrogens with two attached hydrogens (primary N) is 1. The van der Waals surface area contributed by atoms with Crippen molar-refractivity contribution in [2.45, 2.75) is 13.0 Å². The molecule has 0 amide bonds. The molecule has 0 aliphatic rings. The van der Waals surface area contributed by atoms with Gasteiger partial charge in [0, 0.05) is 19.1 Å². The molecule has 0 spiro atoms. The van der Waals surface area contributed by atoms with Crippen molar-refractivity contribution in [1.29, 1.82) is 5.26 Å². The average Bonchev–Trinajstić information content (AvgIpc) is 2.72. The van der Waals surface area contributed by atoms with E-state index in [1.54, 1.807) is 11.3 Å². The van der Waals surface area contributed by atoms with Gasteiger partial charge in [-0.25, -0.2) is 0 Å². The molecule has 0 radical (unpaired) electrons. The van der Waals surface area contributed by atoms with Gasteiger partial charge in [-0.2, -0.15) is 16.6 Å². The molecular formula is C11H17N3S. The van der Waals surface area contributed by atoms with Gasteiger partial charge in [0.25, 0.3) is 0 Å². The highest BCUT2D eigenvalue weighted by Crippen LogP contribution is 2.21. The zero-order chi connectivity index (χ0) is 11.3. The molecule has 0 saturated carbocycles. The van der Waals surface area contributed by atoms with E-state index in [0.717, 1.165) is 6.54 Å². The molecule has 2 N–H and O–H groups in total. The highest BCUT2D eigenvalue weighted by atomic mass is 32.1. The second kappa shape index (κ2) is 5.86. The summed E-state index contributed by atoms with van der Waals surface area (Å²) in [6, 6.07) is 4.56. The smallest absolute Gasteiger partial charge is 0.0666 e. The molecule has 1 aromatic rings. The van der Waals surface area contributed by atoms with Gasteiger partial charge in [0.15, 0.2) is 0 Å². The number of nitrogens with zero attached hydrogens (tertiary/aromatic N) is 2. The lowest BCUT2D eigenvalue weighted by Gasteiger charge is -2.27. The number of hydrogen-bond donors (Lipinski definition) is 1. The first kappa shape index (κ1) is 12.2. The molecule has 1 rings (SSSR count). The fourth-order valence-corrected chi connectivity index (χ4v) is 2.34. The van der Waals surface area contributed by atoms with Crippen LogP contribution in [0.2, 0.25) is 0 Å². The summed E-state index contributed by atoms with van der Waals surface area (Å²) in [5.74, 6) is 0.0442. The van der Waals surface area contributed by atoms with Crippen LogP contribution in [0.25, 0.3) is 0 Å². The number of nitriles is 1. The summed E-state index contributed by atoms with van der Waals surface area (Å²) in [6.45, 7) is 3.28. The van der Waals surface area contributed by atoms with Gasteiger partial charge in [-0.1, -0.05) is 0 Å². The van der Waals surface area contributed by atoms with Gasteiger partial charge in [0.05, 0.1) is 12.0 Å². The minimum Gasteiger partial charge on any atom is -0.329 e. The summed E-state index contributed by atoms with van der Waals surface area (Å²) in [7, 11) is 2.02. The SMILES string of the molecule is CC(C#N)CN(C)C(CN)c1ccsc1. The Morgan fingerprint density at radius 3 is 2.87 bits per heavy atom. The lowest BCUT2D eigenvalue weighted by atomic mass is 10.1. The number of hydrogen-bond acceptors (Lipinski definition) is 4. The lowest BCUT2D eigenvalue weighted by molar-refractivity contribution is 0.234. The molecule has 15 heavy (non-hydrogen) atoms. The Hall–Kier alpha value is -0.890. The third kappa shape index (κ3) is 3.31. The van der Waals surface area contributed by atoms with Crippen LogP contribution in [0, 0.1) is 17.2 Å². The van der Waals surface area contributed by atoms with E-state index in [1.807, 2.05) is 14.0 Å². The van der Waals surface area contributed by atoms with Crippen LogP contribution >= 0.6 is 11.3 Å². The Morgan fingerprint density at radius 1 is 1.67 bits per heavy atom. The highest BCUT2D eigenvalue weighted by Gasteiger charge is 2.17. The largest absolute Gasteiger partial charge is 0.329 e. The third-order valence-corrected chi connectivity index (χ3v) is 3.17. The number of likely N-dealkylation sites (N-methyl/N-ethyl adjacent to an activating group) is 1. The van der Waals surface area contributed by atoms with Crippen LogP contribution in [0.5, 0.6) is 0 Å². The molecule has 4 heteroatoms. The van der Waals surface area contributed by atoms with E-state index < -0.39 is 0 Å². The van der Waals surface area contributed by atoms with E-state index in [-0.39, 0.29) is 12.0 Å². The van der Waals surface area contributed by atoms with Crippen molar-refractivity contribution in [3.05, 3.63) is 22.4 Å². The Kier molecular flexibility index (Phi) is 4.76. The van der Waals surface area contributed by atoms with Gasteiger partial charge in [0.1, 0.15) is 0 Å². The molecule has 3 nitrogen and oxygen atoms in total. The van der Waals surface area contributed by atoms with Crippen LogP contribution in [-0.2, 0) is 0 Å². The van der Waals surface area contributed by atoms with Gasteiger partial charge >= 0.3 is 0 Å². The van der Waals surface area contributed by atoms with Crippen LogP contribution in [0.3, 0.4) is 0 Å². The van der Waals surface area contributed by atoms with Crippen molar-refractivity contribution in [2.75, 3.05) is 20.1 Å². The van der Waals surface area contributed by atoms with Gasteiger partial charge in [-0.3, -0.25) is 4.90 Å². The minimum atomic E-state index is 0.0442. The first-order valence-corrected chi connectivity index (χ1v) is 5.95.